The van der Waals surface area contributed by atoms with Crippen molar-refractivity contribution in [2.45, 2.75) is 4.84 Å². The maximum atomic E-state index is 12.8. The summed E-state index contributed by atoms with van der Waals surface area (Å²) in [6.45, 7) is 0. The lowest BCUT2D eigenvalue weighted by molar-refractivity contribution is 0.101. The minimum Gasteiger partial charge on any atom is -0.291 e. The zero-order chi connectivity index (χ0) is 10.0. The monoisotopic (exact) mass is 240 g/mol. The largest absolute Gasteiger partial charge is 0.291 e. The highest BCUT2D eigenvalue weighted by molar-refractivity contribution is 6.55. The predicted molar refractivity (Wildman–Crippen MR) is 51.2 cm³/mol. The first-order valence-corrected chi connectivity index (χ1v) is 4.55. The van der Waals surface area contributed by atoms with Gasteiger partial charge >= 0.3 is 0 Å². The highest BCUT2D eigenvalue weighted by Crippen LogP contribution is 2.18. The van der Waals surface area contributed by atoms with Gasteiger partial charge in [0.1, 0.15) is 5.82 Å². The number of carbonyl (C=O) groups excluding carboxylic acids is 1. The second kappa shape index (κ2) is 4.27. The van der Waals surface area contributed by atoms with Gasteiger partial charge in [0.25, 0.3) is 0 Å². The van der Waals surface area contributed by atoms with Crippen LogP contribution in [-0.4, -0.2) is 10.6 Å². The Morgan fingerprint density at radius 2 is 2.00 bits per heavy atom. The molecule has 0 radical (unpaired) electrons. The van der Waals surface area contributed by atoms with Gasteiger partial charge in [0, 0.05) is 5.56 Å². The summed E-state index contributed by atoms with van der Waals surface area (Å²) in [5, 5.41) is -0.0442. The molecule has 0 saturated heterocycles. The molecule has 0 atom stereocenters. The summed E-state index contributed by atoms with van der Waals surface area (Å²) in [5.41, 5.74) is 0.108. The van der Waals surface area contributed by atoms with Gasteiger partial charge in [0.05, 0.1) is 5.02 Å². The number of rotatable bonds is 2. The molecule has 70 valence electrons. The van der Waals surface area contributed by atoms with Crippen molar-refractivity contribution in [1.29, 1.82) is 0 Å². The number of carbonyl (C=O) groups is 1. The number of hydrogen-bond donors (Lipinski definition) is 0. The second-order valence-electron chi connectivity index (χ2n) is 2.29. The summed E-state index contributed by atoms with van der Waals surface area (Å²) in [6.07, 6.45) is 0. The molecule has 1 rings (SSSR count). The zero-order valence-corrected chi connectivity index (χ0v) is 8.50. The van der Waals surface area contributed by atoms with Crippen molar-refractivity contribution in [2.24, 2.45) is 0 Å². The van der Waals surface area contributed by atoms with Crippen molar-refractivity contribution < 1.29 is 9.18 Å². The van der Waals surface area contributed by atoms with Crippen molar-refractivity contribution >= 4 is 40.6 Å². The van der Waals surface area contributed by atoms with Gasteiger partial charge in [-0.25, -0.2) is 4.39 Å². The first kappa shape index (κ1) is 10.8. The van der Waals surface area contributed by atoms with Crippen LogP contribution >= 0.6 is 34.8 Å². The second-order valence-corrected chi connectivity index (χ2v) is 3.80. The number of Topliss-reactive ketones (excluding diaryl/α,β-unsaturated/α-hetero) is 1. The van der Waals surface area contributed by atoms with Crippen LogP contribution in [0.4, 0.5) is 4.39 Å². The van der Waals surface area contributed by atoms with Crippen LogP contribution in [0, 0.1) is 5.82 Å². The van der Waals surface area contributed by atoms with Gasteiger partial charge in [-0.3, -0.25) is 4.79 Å². The number of hydrogen-bond acceptors (Lipinski definition) is 1. The van der Waals surface area contributed by atoms with Crippen molar-refractivity contribution in [3.8, 4) is 0 Å². The van der Waals surface area contributed by atoms with Crippen LogP contribution in [0.3, 0.4) is 0 Å². The Hall–Kier alpha value is -0.310. The Balaban J connectivity index is 3.04. The Bertz CT molecular complexity index is 338. The molecule has 5 heteroatoms. The molecule has 0 heterocycles. The van der Waals surface area contributed by atoms with E-state index in [1.165, 1.54) is 12.1 Å². The van der Waals surface area contributed by atoms with E-state index in [0.29, 0.717) is 0 Å². The average molecular weight is 241 g/mol. The molecule has 1 aromatic rings. The summed E-state index contributed by atoms with van der Waals surface area (Å²) in [7, 11) is 0. The van der Waals surface area contributed by atoms with E-state index in [-0.39, 0.29) is 10.6 Å². The lowest BCUT2D eigenvalue weighted by atomic mass is 10.1. The van der Waals surface area contributed by atoms with Gasteiger partial charge in [-0.2, -0.15) is 0 Å². The van der Waals surface area contributed by atoms with Gasteiger partial charge in [0.15, 0.2) is 10.6 Å². The van der Waals surface area contributed by atoms with Crippen molar-refractivity contribution in [3.05, 3.63) is 34.6 Å². The number of alkyl halides is 2. The van der Waals surface area contributed by atoms with E-state index in [4.69, 9.17) is 34.8 Å². The summed E-state index contributed by atoms with van der Waals surface area (Å²) in [4.78, 5) is 9.95. The van der Waals surface area contributed by atoms with Crippen LogP contribution in [0.15, 0.2) is 18.2 Å². The summed E-state index contributed by atoms with van der Waals surface area (Å²) < 4.78 is 12.8. The molecule has 0 aliphatic carbocycles. The third kappa shape index (κ3) is 2.56. The maximum Gasteiger partial charge on any atom is 0.195 e. The first-order valence-electron chi connectivity index (χ1n) is 3.30. The van der Waals surface area contributed by atoms with E-state index < -0.39 is 16.4 Å². The molecule has 0 fully saturated rings. The van der Waals surface area contributed by atoms with Crippen LogP contribution in [0.1, 0.15) is 10.4 Å². The molecule has 0 aliphatic rings. The SMILES string of the molecule is O=C(c1ccc(Cl)c(F)c1)C(Cl)Cl. The van der Waals surface area contributed by atoms with Crippen molar-refractivity contribution in [2.75, 3.05) is 0 Å². The molecule has 13 heavy (non-hydrogen) atoms. The molecule has 0 bridgehead atoms. The van der Waals surface area contributed by atoms with Crippen LogP contribution in [-0.2, 0) is 0 Å². The summed E-state index contributed by atoms with van der Waals surface area (Å²) in [5.74, 6) is -1.21. The Morgan fingerprint density at radius 3 is 2.46 bits per heavy atom. The third-order valence-corrected chi connectivity index (χ3v) is 2.11. The Labute approximate surface area is 89.4 Å². The van der Waals surface area contributed by atoms with Crippen LogP contribution in [0.5, 0.6) is 0 Å². The molecule has 1 nitrogen and oxygen atoms in total. The van der Waals surface area contributed by atoms with Crippen LogP contribution in [0.2, 0.25) is 5.02 Å². The van der Waals surface area contributed by atoms with E-state index in [9.17, 15) is 9.18 Å². The Morgan fingerprint density at radius 1 is 1.38 bits per heavy atom. The van der Waals surface area contributed by atoms with Crippen molar-refractivity contribution in [3.63, 3.8) is 0 Å². The Kier molecular flexibility index (Phi) is 3.54. The summed E-state index contributed by atoms with van der Waals surface area (Å²) >= 11 is 16.0. The normalized spacial score (nSPS) is 10.5. The third-order valence-electron chi connectivity index (χ3n) is 1.40. The minimum absolute atomic E-state index is 0.0442. The van der Waals surface area contributed by atoms with E-state index in [0.717, 1.165) is 6.07 Å². The van der Waals surface area contributed by atoms with E-state index in [1.807, 2.05) is 0 Å². The highest BCUT2D eigenvalue weighted by Gasteiger charge is 2.15. The predicted octanol–water partition coefficient (Wildman–Crippen LogP) is 3.47. The number of ketones is 1. The van der Waals surface area contributed by atoms with Gasteiger partial charge in [-0.05, 0) is 18.2 Å². The maximum absolute atomic E-state index is 12.8. The van der Waals surface area contributed by atoms with E-state index >= 15 is 0 Å². The molecular weight excluding hydrogens is 237 g/mol. The van der Waals surface area contributed by atoms with Gasteiger partial charge < -0.3 is 0 Å². The lowest BCUT2D eigenvalue weighted by Gasteiger charge is -2.01. The van der Waals surface area contributed by atoms with Gasteiger partial charge in [-0.15, -0.1) is 0 Å². The molecular formula is C8H4Cl3FO. The first-order chi connectivity index (χ1) is 6.02. The fraction of sp³-hybridized carbons (Fsp3) is 0.125. The van der Waals surface area contributed by atoms with Crippen molar-refractivity contribution in [1.82, 2.24) is 0 Å². The topological polar surface area (TPSA) is 17.1 Å². The fourth-order valence-corrected chi connectivity index (χ4v) is 1.14. The molecule has 1 aromatic carbocycles. The molecule has 0 N–H and O–H groups in total. The fourth-order valence-electron chi connectivity index (χ4n) is 0.775. The molecule has 0 aromatic heterocycles. The molecule has 0 aliphatic heterocycles. The number of benzene rings is 1. The lowest BCUT2D eigenvalue weighted by Crippen LogP contribution is -2.08. The van der Waals surface area contributed by atoms with Crippen LogP contribution in [0.25, 0.3) is 0 Å². The standard InChI is InChI=1S/C8H4Cl3FO/c9-5-2-1-4(3-6(5)12)7(13)8(10)11/h1-3,8H. The van der Waals surface area contributed by atoms with Gasteiger partial charge in [0.2, 0.25) is 0 Å². The quantitative estimate of drug-likeness (QED) is 0.572. The zero-order valence-electron chi connectivity index (χ0n) is 6.23. The van der Waals surface area contributed by atoms with E-state index in [2.05, 4.69) is 0 Å². The molecule has 0 amide bonds. The smallest absolute Gasteiger partial charge is 0.195 e. The summed E-state index contributed by atoms with van der Waals surface area (Å²) in [6, 6.07) is 3.65. The molecule has 0 saturated carbocycles. The molecule has 0 unspecified atom stereocenters. The average Bonchev–Trinajstić information content (AvgIpc) is 2.08. The minimum atomic E-state index is -1.18. The molecule has 0 spiro atoms. The van der Waals surface area contributed by atoms with Gasteiger partial charge in [-0.1, -0.05) is 34.8 Å². The highest BCUT2D eigenvalue weighted by atomic mass is 35.5. The van der Waals surface area contributed by atoms with E-state index in [1.54, 1.807) is 0 Å². The van der Waals surface area contributed by atoms with Crippen LogP contribution < -0.4 is 0 Å². The number of halogens is 4.